The first-order valence-corrected chi connectivity index (χ1v) is 7.82. The highest BCUT2D eigenvalue weighted by Gasteiger charge is 2.30. The molecule has 0 saturated heterocycles. The van der Waals surface area contributed by atoms with Gasteiger partial charge in [0.25, 0.3) is 0 Å². The van der Waals surface area contributed by atoms with Crippen LogP contribution < -0.4 is 0 Å². The third kappa shape index (κ3) is 2.90. The molecule has 0 aliphatic heterocycles. The van der Waals surface area contributed by atoms with E-state index in [-0.39, 0.29) is 22.7 Å². The Labute approximate surface area is 114 Å². The van der Waals surface area contributed by atoms with Crippen LogP contribution in [0.15, 0.2) is 15.4 Å². The lowest BCUT2D eigenvalue weighted by Crippen LogP contribution is -2.38. The number of rotatable bonds is 5. The number of alkyl halides is 1. The molecule has 6 heteroatoms. The number of sulfonamides is 1. The standard InChI is InChI=1S/C12H20ClNO3S/c1-8(2)9(3)14(5)18(15,16)12-6-11(7-13)17-10(12)4/h6,8-9H,7H2,1-5H3. The molecule has 0 radical (unpaired) electrons. The minimum absolute atomic E-state index is 0.0799. The van der Waals surface area contributed by atoms with Crippen LogP contribution in [0, 0.1) is 12.8 Å². The van der Waals surface area contributed by atoms with Crippen molar-refractivity contribution in [1.82, 2.24) is 4.31 Å². The predicted molar refractivity (Wildman–Crippen MR) is 72.3 cm³/mol. The molecule has 1 rings (SSSR count). The first-order valence-electron chi connectivity index (χ1n) is 5.85. The zero-order valence-corrected chi connectivity index (χ0v) is 13.0. The van der Waals surface area contributed by atoms with Crippen molar-refractivity contribution < 1.29 is 12.8 Å². The molecule has 0 bridgehead atoms. The Kier molecular flexibility index (Phi) is 4.86. The van der Waals surface area contributed by atoms with Gasteiger partial charge in [0.2, 0.25) is 10.0 Å². The smallest absolute Gasteiger partial charge is 0.246 e. The lowest BCUT2D eigenvalue weighted by Gasteiger charge is -2.26. The molecule has 1 aromatic rings. The second-order valence-corrected chi connectivity index (χ2v) is 7.01. The van der Waals surface area contributed by atoms with E-state index in [1.807, 2.05) is 20.8 Å². The van der Waals surface area contributed by atoms with Crippen molar-refractivity contribution in [3.05, 3.63) is 17.6 Å². The zero-order valence-electron chi connectivity index (χ0n) is 11.4. The van der Waals surface area contributed by atoms with Gasteiger partial charge in [-0.3, -0.25) is 0 Å². The summed E-state index contributed by atoms with van der Waals surface area (Å²) < 4.78 is 31.6. The largest absolute Gasteiger partial charge is 0.464 e. The third-order valence-corrected chi connectivity index (χ3v) is 5.57. The van der Waals surface area contributed by atoms with Gasteiger partial charge in [0.05, 0.1) is 5.88 Å². The van der Waals surface area contributed by atoms with Crippen molar-refractivity contribution in [2.24, 2.45) is 5.92 Å². The molecular formula is C12H20ClNO3S. The maximum absolute atomic E-state index is 12.5. The first kappa shape index (κ1) is 15.5. The lowest BCUT2D eigenvalue weighted by atomic mass is 10.1. The van der Waals surface area contributed by atoms with E-state index < -0.39 is 10.0 Å². The van der Waals surface area contributed by atoms with E-state index in [1.54, 1.807) is 14.0 Å². The van der Waals surface area contributed by atoms with Crippen LogP contribution in [0.2, 0.25) is 0 Å². The molecule has 1 atom stereocenters. The predicted octanol–water partition coefficient (Wildman–Crippen LogP) is 2.99. The molecular weight excluding hydrogens is 274 g/mol. The molecule has 0 saturated carbocycles. The Morgan fingerprint density at radius 1 is 1.39 bits per heavy atom. The van der Waals surface area contributed by atoms with Crippen LogP contribution in [-0.4, -0.2) is 25.8 Å². The fourth-order valence-corrected chi connectivity index (χ4v) is 3.45. The normalized spacial score (nSPS) is 14.4. The minimum Gasteiger partial charge on any atom is -0.464 e. The van der Waals surface area contributed by atoms with Crippen molar-refractivity contribution in [1.29, 1.82) is 0 Å². The van der Waals surface area contributed by atoms with E-state index in [0.717, 1.165) is 0 Å². The number of hydrogen-bond acceptors (Lipinski definition) is 3. The van der Waals surface area contributed by atoms with E-state index in [2.05, 4.69) is 0 Å². The summed E-state index contributed by atoms with van der Waals surface area (Å²) in [7, 11) is -1.93. The zero-order chi connectivity index (χ0) is 14.1. The Hall–Kier alpha value is -0.520. The molecule has 0 spiro atoms. The molecule has 18 heavy (non-hydrogen) atoms. The van der Waals surface area contributed by atoms with Gasteiger partial charge >= 0.3 is 0 Å². The van der Waals surface area contributed by atoms with Crippen LogP contribution in [0.1, 0.15) is 32.3 Å². The molecule has 0 amide bonds. The molecule has 0 aromatic carbocycles. The highest BCUT2D eigenvalue weighted by Crippen LogP contribution is 2.26. The fraction of sp³-hybridized carbons (Fsp3) is 0.667. The van der Waals surface area contributed by atoms with Gasteiger partial charge in [-0.15, -0.1) is 11.6 Å². The van der Waals surface area contributed by atoms with E-state index >= 15 is 0 Å². The number of halogens is 1. The molecule has 4 nitrogen and oxygen atoms in total. The summed E-state index contributed by atoms with van der Waals surface area (Å²) in [4.78, 5) is 0.202. The summed E-state index contributed by atoms with van der Waals surface area (Å²) in [6, 6.07) is 1.42. The summed E-state index contributed by atoms with van der Waals surface area (Å²) in [6.07, 6.45) is 0. The van der Waals surface area contributed by atoms with Gasteiger partial charge in [0.15, 0.2) is 0 Å². The Balaban J connectivity index is 3.17. The lowest BCUT2D eigenvalue weighted by molar-refractivity contribution is 0.315. The highest BCUT2D eigenvalue weighted by atomic mass is 35.5. The van der Waals surface area contributed by atoms with Gasteiger partial charge in [-0.2, -0.15) is 4.31 Å². The van der Waals surface area contributed by atoms with Crippen LogP contribution >= 0.6 is 11.6 Å². The van der Waals surface area contributed by atoms with Crippen LogP contribution in [0.3, 0.4) is 0 Å². The van der Waals surface area contributed by atoms with E-state index in [0.29, 0.717) is 11.5 Å². The molecule has 0 aliphatic rings. The first-order chi connectivity index (χ1) is 8.21. The van der Waals surface area contributed by atoms with Gasteiger partial charge in [-0.25, -0.2) is 8.42 Å². The van der Waals surface area contributed by atoms with E-state index in [9.17, 15) is 8.42 Å². The summed E-state index contributed by atoms with van der Waals surface area (Å²) in [5, 5.41) is 0. The quantitative estimate of drug-likeness (QED) is 0.784. The monoisotopic (exact) mass is 293 g/mol. The number of hydrogen-bond donors (Lipinski definition) is 0. The number of aryl methyl sites for hydroxylation is 1. The topological polar surface area (TPSA) is 50.5 Å². The fourth-order valence-electron chi connectivity index (χ4n) is 1.64. The average molecular weight is 294 g/mol. The molecule has 1 aromatic heterocycles. The third-order valence-electron chi connectivity index (χ3n) is 3.25. The SMILES string of the molecule is Cc1oc(CCl)cc1S(=O)(=O)N(C)C(C)C(C)C. The highest BCUT2D eigenvalue weighted by molar-refractivity contribution is 7.89. The van der Waals surface area contributed by atoms with Crippen molar-refractivity contribution in [2.45, 2.75) is 44.5 Å². The summed E-state index contributed by atoms with van der Waals surface area (Å²) in [5.74, 6) is 1.26. The molecule has 0 aliphatic carbocycles. The Morgan fingerprint density at radius 2 is 1.94 bits per heavy atom. The van der Waals surface area contributed by atoms with Crippen molar-refractivity contribution in [3.63, 3.8) is 0 Å². The van der Waals surface area contributed by atoms with Gasteiger partial charge in [-0.05, 0) is 19.8 Å². The van der Waals surface area contributed by atoms with Gasteiger partial charge in [0.1, 0.15) is 16.4 Å². The molecule has 0 fully saturated rings. The molecule has 1 heterocycles. The van der Waals surface area contributed by atoms with Gasteiger partial charge < -0.3 is 4.42 Å². The molecule has 1 unspecified atom stereocenters. The van der Waals surface area contributed by atoms with Gasteiger partial charge in [0, 0.05) is 19.2 Å². The van der Waals surface area contributed by atoms with Crippen molar-refractivity contribution in [3.8, 4) is 0 Å². The van der Waals surface area contributed by atoms with E-state index in [4.69, 9.17) is 16.0 Å². The van der Waals surface area contributed by atoms with Crippen LogP contribution in [0.4, 0.5) is 0 Å². The summed E-state index contributed by atoms with van der Waals surface area (Å²) in [6.45, 7) is 7.50. The van der Waals surface area contributed by atoms with Crippen LogP contribution in [0.25, 0.3) is 0 Å². The maximum Gasteiger partial charge on any atom is 0.246 e. The summed E-state index contributed by atoms with van der Waals surface area (Å²) >= 11 is 5.65. The van der Waals surface area contributed by atoms with E-state index in [1.165, 1.54) is 10.4 Å². The molecule has 104 valence electrons. The van der Waals surface area contributed by atoms with Crippen molar-refractivity contribution >= 4 is 21.6 Å². The number of furan rings is 1. The van der Waals surface area contributed by atoms with Crippen LogP contribution in [0.5, 0.6) is 0 Å². The average Bonchev–Trinajstić information content (AvgIpc) is 2.69. The second-order valence-electron chi connectivity index (χ2n) is 4.77. The Bertz CT molecular complexity index is 507. The summed E-state index contributed by atoms with van der Waals surface area (Å²) in [5.41, 5.74) is 0. The van der Waals surface area contributed by atoms with Crippen molar-refractivity contribution in [2.75, 3.05) is 7.05 Å². The Morgan fingerprint density at radius 3 is 2.33 bits per heavy atom. The van der Waals surface area contributed by atoms with Gasteiger partial charge in [-0.1, -0.05) is 13.8 Å². The number of nitrogens with zero attached hydrogens (tertiary/aromatic N) is 1. The van der Waals surface area contributed by atoms with Crippen LogP contribution in [-0.2, 0) is 15.9 Å². The second kappa shape index (κ2) is 5.63. The maximum atomic E-state index is 12.5. The molecule has 0 N–H and O–H groups in total. The minimum atomic E-state index is -3.52.